The Morgan fingerprint density at radius 2 is 1.67 bits per heavy atom. The van der Waals surface area contributed by atoms with Crippen molar-refractivity contribution in [1.82, 2.24) is 0 Å². The van der Waals surface area contributed by atoms with Crippen LogP contribution in [0.15, 0.2) is 23.1 Å². The van der Waals surface area contributed by atoms with E-state index >= 15 is 0 Å². The van der Waals surface area contributed by atoms with Gasteiger partial charge in [0.25, 0.3) is 0 Å². The van der Waals surface area contributed by atoms with Gasteiger partial charge in [0.1, 0.15) is 0 Å². The zero-order valence-electron chi connectivity index (χ0n) is 7.46. The van der Waals surface area contributed by atoms with Gasteiger partial charge in [0.05, 0.1) is 0 Å². The van der Waals surface area contributed by atoms with E-state index in [0.29, 0.717) is 4.90 Å². The Labute approximate surface area is 86.8 Å². The molecule has 0 bridgehead atoms. The van der Waals surface area contributed by atoms with Crippen LogP contribution in [0, 0.1) is 13.8 Å². The first-order chi connectivity index (χ1) is 5.13. The number of aryl methyl sites for hydroxylation is 2. The Morgan fingerprint density at radius 1 is 1.25 bits per heavy atom. The Hall–Kier alpha value is -0.0726. The molecular formula is C8H9LiO2S. The average molecular weight is 176 g/mol. The van der Waals surface area contributed by atoms with E-state index in [1.54, 1.807) is 26.0 Å². The number of rotatable bonds is 1. The Bertz CT molecular complexity index is 279. The van der Waals surface area contributed by atoms with Crippen LogP contribution in [-0.2, 0) is 11.1 Å². The first kappa shape index (κ1) is 11.9. The van der Waals surface area contributed by atoms with Gasteiger partial charge in [-0.1, -0.05) is 18.2 Å². The predicted molar refractivity (Wildman–Crippen MR) is 43.1 cm³/mol. The molecule has 0 fully saturated rings. The van der Waals surface area contributed by atoms with E-state index in [1.807, 2.05) is 6.07 Å². The molecule has 0 saturated heterocycles. The number of benzene rings is 1. The fourth-order valence-electron chi connectivity index (χ4n) is 1.06. The minimum atomic E-state index is -2.10. The van der Waals surface area contributed by atoms with Gasteiger partial charge < -0.3 is 4.55 Å². The zero-order chi connectivity index (χ0) is 8.43. The predicted octanol–water partition coefficient (Wildman–Crippen LogP) is -1.45. The van der Waals surface area contributed by atoms with Gasteiger partial charge in [0.15, 0.2) is 0 Å². The van der Waals surface area contributed by atoms with Crippen LogP contribution in [-0.4, -0.2) is 8.76 Å². The van der Waals surface area contributed by atoms with Gasteiger partial charge in [-0.05, 0) is 36.1 Å². The van der Waals surface area contributed by atoms with Crippen molar-refractivity contribution in [3.63, 3.8) is 0 Å². The van der Waals surface area contributed by atoms with Crippen molar-refractivity contribution >= 4 is 11.1 Å². The summed E-state index contributed by atoms with van der Waals surface area (Å²) in [7, 11) is 0. The van der Waals surface area contributed by atoms with Crippen LogP contribution >= 0.6 is 0 Å². The van der Waals surface area contributed by atoms with Crippen molar-refractivity contribution in [2.24, 2.45) is 0 Å². The van der Waals surface area contributed by atoms with Crippen LogP contribution in [0.1, 0.15) is 11.1 Å². The second kappa shape index (κ2) is 4.83. The maximum atomic E-state index is 10.6. The molecule has 1 rings (SSSR count). The Balaban J connectivity index is 0.00000121. The van der Waals surface area contributed by atoms with Gasteiger partial charge in [-0.25, -0.2) is 0 Å². The van der Waals surface area contributed by atoms with Gasteiger partial charge in [-0.15, -0.1) is 0 Å². The van der Waals surface area contributed by atoms with E-state index in [2.05, 4.69) is 0 Å². The molecule has 0 radical (unpaired) electrons. The summed E-state index contributed by atoms with van der Waals surface area (Å²) in [6.45, 7) is 3.58. The first-order valence-electron chi connectivity index (χ1n) is 3.28. The molecule has 4 heteroatoms. The summed E-state index contributed by atoms with van der Waals surface area (Å²) in [4.78, 5) is 0.424. The molecule has 0 aromatic heterocycles. The van der Waals surface area contributed by atoms with Crippen molar-refractivity contribution in [3.05, 3.63) is 29.3 Å². The molecule has 0 amide bonds. The van der Waals surface area contributed by atoms with Crippen LogP contribution in [0.25, 0.3) is 0 Å². The summed E-state index contributed by atoms with van der Waals surface area (Å²) in [5, 5.41) is 0. The molecule has 1 aromatic carbocycles. The van der Waals surface area contributed by atoms with Crippen molar-refractivity contribution in [2.45, 2.75) is 18.7 Å². The second-order valence-corrected chi connectivity index (χ2v) is 3.33. The normalized spacial score (nSPS) is 11.9. The third kappa shape index (κ3) is 2.46. The van der Waals surface area contributed by atoms with Crippen LogP contribution < -0.4 is 18.9 Å². The molecule has 0 aliphatic rings. The summed E-state index contributed by atoms with van der Waals surface area (Å²) >= 11 is -2.10. The van der Waals surface area contributed by atoms with Gasteiger partial charge >= 0.3 is 18.9 Å². The molecule has 1 atom stereocenters. The molecule has 0 aliphatic carbocycles. The van der Waals surface area contributed by atoms with E-state index in [-0.39, 0.29) is 18.9 Å². The van der Waals surface area contributed by atoms with Crippen molar-refractivity contribution in [3.8, 4) is 0 Å². The fourth-order valence-corrected chi connectivity index (χ4v) is 1.72. The quantitative estimate of drug-likeness (QED) is 0.388. The third-order valence-corrected chi connectivity index (χ3v) is 2.55. The van der Waals surface area contributed by atoms with E-state index in [1.165, 1.54) is 0 Å². The molecule has 12 heavy (non-hydrogen) atoms. The zero-order valence-corrected chi connectivity index (χ0v) is 8.27. The topological polar surface area (TPSA) is 40.1 Å². The maximum Gasteiger partial charge on any atom is 1.00 e. The molecule has 1 aromatic rings. The summed E-state index contributed by atoms with van der Waals surface area (Å²) < 4.78 is 21.3. The van der Waals surface area contributed by atoms with Gasteiger partial charge in [-0.3, -0.25) is 4.21 Å². The molecule has 0 aliphatic heterocycles. The van der Waals surface area contributed by atoms with Crippen molar-refractivity contribution < 1.29 is 27.6 Å². The van der Waals surface area contributed by atoms with Gasteiger partial charge in [0.2, 0.25) is 0 Å². The van der Waals surface area contributed by atoms with Gasteiger partial charge in [0, 0.05) is 4.90 Å². The van der Waals surface area contributed by atoms with Crippen LogP contribution in [0.3, 0.4) is 0 Å². The summed E-state index contributed by atoms with van der Waals surface area (Å²) in [5.41, 5.74) is 1.61. The van der Waals surface area contributed by atoms with Crippen LogP contribution in [0.4, 0.5) is 0 Å². The molecule has 0 N–H and O–H groups in total. The van der Waals surface area contributed by atoms with E-state index in [4.69, 9.17) is 0 Å². The maximum absolute atomic E-state index is 10.6. The van der Waals surface area contributed by atoms with E-state index in [0.717, 1.165) is 11.1 Å². The van der Waals surface area contributed by atoms with Crippen molar-refractivity contribution in [1.29, 1.82) is 0 Å². The van der Waals surface area contributed by atoms with Crippen molar-refractivity contribution in [2.75, 3.05) is 0 Å². The molecule has 0 saturated carbocycles. The minimum Gasteiger partial charge on any atom is -0.768 e. The largest absolute Gasteiger partial charge is 1.00 e. The average Bonchev–Trinajstić information content (AvgIpc) is 1.85. The minimum absolute atomic E-state index is 0. The van der Waals surface area contributed by atoms with Crippen LogP contribution in [0.2, 0.25) is 0 Å². The summed E-state index contributed by atoms with van der Waals surface area (Å²) in [6, 6.07) is 5.43. The molecule has 2 nitrogen and oxygen atoms in total. The third-order valence-electron chi connectivity index (χ3n) is 1.58. The Kier molecular flexibility index (Phi) is 4.80. The molecule has 60 valence electrons. The molecule has 1 unspecified atom stereocenters. The Morgan fingerprint density at radius 3 is 1.92 bits per heavy atom. The standard InChI is InChI=1S/C8H10O2S.Li/c1-6-4-3-5-7(2)8(6)11(9)10;/h3-5H,1-2H3,(H,9,10);/q;+1/p-1. The first-order valence-corrected chi connectivity index (χ1v) is 4.36. The molecule has 0 heterocycles. The number of hydrogen-bond acceptors (Lipinski definition) is 2. The summed E-state index contributed by atoms with van der Waals surface area (Å²) in [5.74, 6) is 0. The van der Waals surface area contributed by atoms with Gasteiger partial charge in [-0.2, -0.15) is 0 Å². The SMILES string of the molecule is Cc1cccc(C)c1S(=O)[O-].[Li+]. The molecule has 0 spiro atoms. The fraction of sp³-hybridized carbons (Fsp3) is 0.250. The monoisotopic (exact) mass is 176 g/mol. The summed E-state index contributed by atoms with van der Waals surface area (Å²) in [6.07, 6.45) is 0. The second-order valence-electron chi connectivity index (χ2n) is 2.46. The van der Waals surface area contributed by atoms with E-state index in [9.17, 15) is 8.76 Å². The van der Waals surface area contributed by atoms with Crippen LogP contribution in [0.5, 0.6) is 0 Å². The molecular weight excluding hydrogens is 167 g/mol. The van der Waals surface area contributed by atoms with E-state index < -0.39 is 11.1 Å². The number of hydrogen-bond donors (Lipinski definition) is 0. The smallest absolute Gasteiger partial charge is 0.768 e.